The predicted octanol–water partition coefficient (Wildman–Crippen LogP) is 4.98. The lowest BCUT2D eigenvalue weighted by Crippen LogP contribution is -2.48. The summed E-state index contributed by atoms with van der Waals surface area (Å²) in [5, 5.41) is 19.9. The summed E-state index contributed by atoms with van der Waals surface area (Å²) in [5.41, 5.74) is 1.28. The Balaban J connectivity index is 1.71. The van der Waals surface area contributed by atoms with E-state index in [2.05, 4.69) is 10.3 Å². The van der Waals surface area contributed by atoms with Crippen molar-refractivity contribution in [2.24, 2.45) is 5.92 Å². The Morgan fingerprint density at radius 2 is 2.03 bits per heavy atom. The molecule has 2 atom stereocenters. The van der Waals surface area contributed by atoms with Crippen LogP contribution < -0.4 is 0 Å². The van der Waals surface area contributed by atoms with E-state index in [0.717, 1.165) is 19.3 Å². The van der Waals surface area contributed by atoms with Crippen molar-refractivity contribution in [3.05, 3.63) is 58.2 Å². The lowest BCUT2D eigenvalue weighted by Gasteiger charge is -2.39. The van der Waals surface area contributed by atoms with E-state index in [9.17, 15) is 9.90 Å². The zero-order chi connectivity index (χ0) is 25.3. The quantitative estimate of drug-likeness (QED) is 0.514. The van der Waals surface area contributed by atoms with Gasteiger partial charge in [-0.25, -0.2) is 9.48 Å². The zero-order valence-electron chi connectivity index (χ0n) is 20.2. The highest BCUT2D eigenvalue weighted by atomic mass is 35.5. The SMILES string of the molecule is COC1=CN(C(CC2CCC2)C(=O)OC(C)(C)C)C(O)C=C1c1cc(Cl)ccc1-n1cc(Cl)nn1. The molecule has 1 saturated carbocycles. The highest BCUT2D eigenvalue weighted by Crippen LogP contribution is 2.38. The van der Waals surface area contributed by atoms with E-state index in [1.54, 1.807) is 48.7 Å². The van der Waals surface area contributed by atoms with Gasteiger partial charge in [0.15, 0.2) is 5.15 Å². The van der Waals surface area contributed by atoms with Gasteiger partial charge in [-0.05, 0) is 57.4 Å². The first-order valence-electron chi connectivity index (χ1n) is 11.6. The van der Waals surface area contributed by atoms with Gasteiger partial charge in [-0.1, -0.05) is 47.7 Å². The number of rotatable bonds is 7. The number of carbonyl (C=O) groups is 1. The van der Waals surface area contributed by atoms with Gasteiger partial charge in [0.05, 0.1) is 19.0 Å². The van der Waals surface area contributed by atoms with Crippen LogP contribution in [0.2, 0.25) is 10.2 Å². The molecule has 1 aliphatic heterocycles. The van der Waals surface area contributed by atoms with Crippen LogP contribution in [0.3, 0.4) is 0 Å². The van der Waals surface area contributed by atoms with Crippen LogP contribution in [0.15, 0.2) is 42.4 Å². The highest BCUT2D eigenvalue weighted by Gasteiger charge is 2.37. The smallest absolute Gasteiger partial charge is 0.329 e. The Morgan fingerprint density at radius 1 is 1.29 bits per heavy atom. The highest BCUT2D eigenvalue weighted by molar-refractivity contribution is 6.31. The van der Waals surface area contributed by atoms with Gasteiger partial charge in [0, 0.05) is 22.4 Å². The molecule has 4 rings (SSSR count). The Labute approximate surface area is 215 Å². The summed E-state index contributed by atoms with van der Waals surface area (Å²) in [7, 11) is 1.54. The van der Waals surface area contributed by atoms with E-state index in [0.29, 0.717) is 39.9 Å². The lowest BCUT2D eigenvalue weighted by molar-refractivity contribution is -0.164. The summed E-state index contributed by atoms with van der Waals surface area (Å²) in [6.45, 7) is 5.51. The minimum atomic E-state index is -1.09. The van der Waals surface area contributed by atoms with Crippen molar-refractivity contribution in [3.8, 4) is 5.69 Å². The second kappa shape index (κ2) is 10.2. The van der Waals surface area contributed by atoms with Crippen molar-refractivity contribution in [3.63, 3.8) is 0 Å². The normalized spacial score (nSPS) is 19.5. The number of halogens is 2. The standard InChI is InChI=1S/C25H30Cl2N4O4/c1-25(2,3)35-24(33)20(10-15-6-5-7-15)30-13-21(34-4)18(12-23(30)32)17-11-16(26)8-9-19(17)31-14-22(27)28-29-31/h8-9,11-15,20,23,32H,5-7,10H2,1-4H3. The van der Waals surface area contributed by atoms with Crippen molar-refractivity contribution in [1.82, 2.24) is 19.9 Å². The number of esters is 1. The van der Waals surface area contributed by atoms with E-state index < -0.39 is 17.9 Å². The molecule has 2 aliphatic rings. The summed E-state index contributed by atoms with van der Waals surface area (Å²) >= 11 is 12.3. The zero-order valence-corrected chi connectivity index (χ0v) is 21.8. The molecule has 2 heterocycles. The molecule has 188 valence electrons. The van der Waals surface area contributed by atoms with Crippen LogP contribution >= 0.6 is 23.2 Å². The summed E-state index contributed by atoms with van der Waals surface area (Å²) in [5.74, 6) is 0.515. The summed E-state index contributed by atoms with van der Waals surface area (Å²) in [6, 6.07) is 4.63. The van der Waals surface area contributed by atoms with Crippen LogP contribution in [0, 0.1) is 5.92 Å². The summed E-state index contributed by atoms with van der Waals surface area (Å²) in [6.07, 6.45) is 7.69. The van der Waals surface area contributed by atoms with Crippen molar-refractivity contribution in [2.45, 2.75) is 64.3 Å². The van der Waals surface area contributed by atoms with Crippen LogP contribution in [-0.2, 0) is 14.3 Å². The van der Waals surface area contributed by atoms with E-state index in [-0.39, 0.29) is 11.1 Å². The number of benzene rings is 1. The molecule has 2 aromatic rings. The topological polar surface area (TPSA) is 89.7 Å². The molecule has 0 spiro atoms. The van der Waals surface area contributed by atoms with E-state index in [4.69, 9.17) is 32.7 Å². The Bertz CT molecular complexity index is 1150. The number of methoxy groups -OCH3 is 1. The van der Waals surface area contributed by atoms with Gasteiger partial charge in [0.2, 0.25) is 0 Å². The van der Waals surface area contributed by atoms with Gasteiger partial charge in [-0.3, -0.25) is 0 Å². The Morgan fingerprint density at radius 3 is 2.60 bits per heavy atom. The van der Waals surface area contributed by atoms with Crippen molar-refractivity contribution in [2.75, 3.05) is 7.11 Å². The first-order valence-corrected chi connectivity index (χ1v) is 12.4. The molecular weight excluding hydrogens is 491 g/mol. The van der Waals surface area contributed by atoms with E-state index in [1.807, 2.05) is 20.8 Å². The first-order chi connectivity index (χ1) is 16.6. The minimum absolute atomic E-state index is 0.244. The fourth-order valence-electron chi connectivity index (χ4n) is 4.30. The fourth-order valence-corrected chi connectivity index (χ4v) is 4.60. The maximum Gasteiger partial charge on any atom is 0.329 e. The van der Waals surface area contributed by atoms with Crippen LogP contribution in [0.25, 0.3) is 11.3 Å². The Kier molecular flexibility index (Phi) is 7.45. The molecule has 1 N–H and O–H groups in total. The molecule has 1 aliphatic carbocycles. The van der Waals surface area contributed by atoms with Gasteiger partial charge in [0.1, 0.15) is 23.6 Å². The maximum absolute atomic E-state index is 13.2. The number of hydrogen-bond acceptors (Lipinski definition) is 7. The van der Waals surface area contributed by atoms with Gasteiger partial charge >= 0.3 is 5.97 Å². The summed E-state index contributed by atoms with van der Waals surface area (Å²) in [4.78, 5) is 14.8. The van der Waals surface area contributed by atoms with Crippen LogP contribution in [0.1, 0.15) is 52.0 Å². The van der Waals surface area contributed by atoms with Gasteiger partial charge in [0.25, 0.3) is 0 Å². The molecule has 0 radical (unpaired) electrons. The van der Waals surface area contributed by atoms with Gasteiger partial charge < -0.3 is 19.5 Å². The average Bonchev–Trinajstić information content (AvgIpc) is 3.18. The molecule has 2 unspecified atom stereocenters. The summed E-state index contributed by atoms with van der Waals surface area (Å²) < 4.78 is 13.0. The second-order valence-corrected chi connectivity index (χ2v) is 10.7. The van der Waals surface area contributed by atoms with E-state index in [1.165, 1.54) is 4.68 Å². The molecule has 0 saturated heterocycles. The molecule has 8 nitrogen and oxygen atoms in total. The number of allylic oxidation sites excluding steroid dienone is 1. The molecule has 10 heteroatoms. The number of aliphatic hydroxyl groups excluding tert-OH is 1. The van der Waals surface area contributed by atoms with Crippen molar-refractivity contribution < 1.29 is 19.4 Å². The van der Waals surface area contributed by atoms with Gasteiger partial charge in [-0.2, -0.15) is 0 Å². The van der Waals surface area contributed by atoms with E-state index >= 15 is 0 Å². The van der Waals surface area contributed by atoms with Crippen LogP contribution in [0.4, 0.5) is 0 Å². The van der Waals surface area contributed by atoms with Crippen molar-refractivity contribution in [1.29, 1.82) is 0 Å². The third-order valence-corrected chi connectivity index (χ3v) is 6.56. The van der Waals surface area contributed by atoms with Crippen LogP contribution in [-0.4, -0.2) is 56.0 Å². The number of carbonyl (C=O) groups excluding carboxylic acids is 1. The molecule has 0 amide bonds. The molecule has 1 aromatic carbocycles. The van der Waals surface area contributed by atoms with Crippen molar-refractivity contribution >= 4 is 34.7 Å². The largest absolute Gasteiger partial charge is 0.495 e. The molecule has 1 aromatic heterocycles. The number of ether oxygens (including phenoxy) is 2. The third-order valence-electron chi connectivity index (χ3n) is 6.15. The number of aromatic nitrogens is 3. The Hall–Kier alpha value is -2.55. The second-order valence-electron chi connectivity index (χ2n) is 9.87. The number of aliphatic hydroxyl groups is 1. The molecule has 0 bridgehead atoms. The van der Waals surface area contributed by atoms with Crippen LogP contribution in [0.5, 0.6) is 0 Å². The third kappa shape index (κ3) is 5.82. The number of nitrogens with zero attached hydrogens (tertiary/aromatic N) is 4. The minimum Gasteiger partial charge on any atom is -0.495 e. The monoisotopic (exact) mass is 520 g/mol. The molecular formula is C25H30Cl2N4O4. The molecule has 1 fully saturated rings. The van der Waals surface area contributed by atoms with Gasteiger partial charge in [-0.15, -0.1) is 5.10 Å². The molecule has 35 heavy (non-hydrogen) atoms. The fraction of sp³-hybridized carbons (Fsp3) is 0.480. The number of hydrogen-bond donors (Lipinski definition) is 1. The maximum atomic E-state index is 13.2. The first kappa shape index (κ1) is 25.5. The average molecular weight is 521 g/mol. The predicted molar refractivity (Wildman–Crippen MR) is 134 cm³/mol. The lowest BCUT2D eigenvalue weighted by atomic mass is 9.80.